The predicted molar refractivity (Wildman–Crippen MR) is 77.9 cm³/mol. The highest BCUT2D eigenvalue weighted by Gasteiger charge is 2.21. The third-order valence-electron chi connectivity index (χ3n) is 2.91. The average molecular weight is 304 g/mol. The van der Waals surface area contributed by atoms with E-state index < -0.39 is 20.8 Å². The van der Waals surface area contributed by atoms with Crippen LogP contribution in [0.1, 0.15) is 21.5 Å². The number of phenols is 1. The number of hydrogen-bond donors (Lipinski definition) is 2. The molecular formula is C15H12O5S. The standard InChI is InChI=1S/C15H12O5S/c1-2-10-8-13(16)12(9-14(10)21(18,19)20)15(17)11-6-4-3-5-7-11/h2-9,16H,1H2,(H,18,19,20). The van der Waals surface area contributed by atoms with Gasteiger partial charge in [-0.2, -0.15) is 8.42 Å². The smallest absolute Gasteiger partial charge is 0.295 e. The Hall–Kier alpha value is -2.44. The van der Waals surface area contributed by atoms with Gasteiger partial charge in [-0.05, 0) is 17.7 Å². The summed E-state index contributed by atoms with van der Waals surface area (Å²) in [5.74, 6) is -0.931. The van der Waals surface area contributed by atoms with E-state index in [-0.39, 0.29) is 16.9 Å². The molecule has 0 amide bonds. The number of phenolic OH excluding ortho intramolecular Hbond substituents is 1. The van der Waals surface area contributed by atoms with E-state index in [1.165, 1.54) is 18.2 Å². The third-order valence-corrected chi connectivity index (χ3v) is 3.82. The van der Waals surface area contributed by atoms with Crippen LogP contribution in [-0.4, -0.2) is 23.9 Å². The van der Waals surface area contributed by atoms with Gasteiger partial charge in [0.15, 0.2) is 5.78 Å². The molecule has 2 aromatic rings. The molecule has 2 N–H and O–H groups in total. The summed E-state index contributed by atoms with van der Waals surface area (Å²) in [5.41, 5.74) is 0.0967. The van der Waals surface area contributed by atoms with E-state index in [1.54, 1.807) is 18.2 Å². The molecule has 0 aliphatic heterocycles. The van der Waals surface area contributed by atoms with Crippen LogP contribution >= 0.6 is 0 Å². The van der Waals surface area contributed by atoms with Crippen molar-refractivity contribution in [3.05, 3.63) is 65.7 Å². The molecule has 0 aromatic heterocycles. The molecule has 0 unspecified atom stereocenters. The van der Waals surface area contributed by atoms with E-state index in [2.05, 4.69) is 6.58 Å². The zero-order valence-corrected chi connectivity index (χ0v) is 11.7. The van der Waals surface area contributed by atoms with Crippen molar-refractivity contribution >= 4 is 22.0 Å². The summed E-state index contributed by atoms with van der Waals surface area (Å²) in [4.78, 5) is 11.8. The van der Waals surface area contributed by atoms with Crippen LogP contribution < -0.4 is 0 Å². The lowest BCUT2D eigenvalue weighted by Gasteiger charge is -2.09. The van der Waals surface area contributed by atoms with Crippen LogP contribution in [0.25, 0.3) is 6.08 Å². The minimum Gasteiger partial charge on any atom is -0.507 e. The molecule has 0 bridgehead atoms. The summed E-state index contributed by atoms with van der Waals surface area (Å²) in [7, 11) is -4.54. The molecule has 5 nitrogen and oxygen atoms in total. The molecule has 6 heteroatoms. The van der Waals surface area contributed by atoms with Crippen molar-refractivity contribution in [2.75, 3.05) is 0 Å². The van der Waals surface area contributed by atoms with E-state index in [0.717, 1.165) is 12.1 Å². The SMILES string of the molecule is C=Cc1cc(O)c(C(=O)c2ccccc2)cc1S(=O)(=O)O. The van der Waals surface area contributed by atoms with E-state index in [0.29, 0.717) is 5.56 Å². The van der Waals surface area contributed by atoms with Gasteiger partial charge in [-0.25, -0.2) is 0 Å². The highest BCUT2D eigenvalue weighted by atomic mass is 32.2. The molecule has 0 saturated heterocycles. The quantitative estimate of drug-likeness (QED) is 0.669. The Labute approximate surface area is 121 Å². The molecule has 21 heavy (non-hydrogen) atoms. The molecule has 0 radical (unpaired) electrons. The third kappa shape index (κ3) is 3.01. The molecule has 0 aliphatic rings. The predicted octanol–water partition coefficient (Wildman–Crippen LogP) is 2.51. The van der Waals surface area contributed by atoms with Crippen LogP contribution in [-0.2, 0) is 10.1 Å². The van der Waals surface area contributed by atoms with Gasteiger partial charge in [0.2, 0.25) is 0 Å². The Balaban J connectivity index is 2.66. The molecule has 108 valence electrons. The van der Waals surface area contributed by atoms with E-state index >= 15 is 0 Å². The molecular weight excluding hydrogens is 292 g/mol. The second-order valence-corrected chi connectivity index (χ2v) is 5.67. The van der Waals surface area contributed by atoms with Gasteiger partial charge in [0, 0.05) is 5.56 Å². The zero-order chi connectivity index (χ0) is 15.6. The van der Waals surface area contributed by atoms with Crippen molar-refractivity contribution in [1.82, 2.24) is 0 Å². The highest BCUT2D eigenvalue weighted by Crippen LogP contribution is 2.28. The average Bonchev–Trinajstić information content (AvgIpc) is 2.45. The molecule has 0 saturated carbocycles. The summed E-state index contributed by atoms with van der Waals surface area (Å²) in [6.07, 6.45) is 1.17. The Bertz CT molecular complexity index is 807. The topological polar surface area (TPSA) is 91.7 Å². The van der Waals surface area contributed by atoms with Gasteiger partial charge in [-0.15, -0.1) is 0 Å². The van der Waals surface area contributed by atoms with Gasteiger partial charge in [-0.1, -0.05) is 43.0 Å². The zero-order valence-electron chi connectivity index (χ0n) is 10.9. The fraction of sp³-hybridized carbons (Fsp3) is 0. The largest absolute Gasteiger partial charge is 0.507 e. The number of aromatic hydroxyl groups is 1. The molecule has 2 rings (SSSR count). The van der Waals surface area contributed by atoms with Gasteiger partial charge in [0.1, 0.15) is 10.6 Å². The number of benzene rings is 2. The molecule has 0 atom stereocenters. The van der Waals surface area contributed by atoms with Crippen molar-refractivity contribution in [2.24, 2.45) is 0 Å². The maximum atomic E-state index is 12.3. The van der Waals surface area contributed by atoms with Crippen molar-refractivity contribution in [2.45, 2.75) is 4.90 Å². The minimum atomic E-state index is -4.54. The van der Waals surface area contributed by atoms with Crippen LogP contribution in [0.15, 0.2) is 53.9 Å². The second-order valence-electron chi connectivity index (χ2n) is 4.28. The number of rotatable bonds is 4. The summed E-state index contributed by atoms with van der Waals surface area (Å²) < 4.78 is 31.9. The first-order chi connectivity index (χ1) is 9.84. The monoisotopic (exact) mass is 304 g/mol. The van der Waals surface area contributed by atoms with Gasteiger partial charge in [0.25, 0.3) is 10.1 Å². The van der Waals surface area contributed by atoms with Crippen molar-refractivity contribution in [3.8, 4) is 5.75 Å². The first-order valence-electron chi connectivity index (χ1n) is 5.91. The number of ketones is 1. The Morgan fingerprint density at radius 1 is 1.14 bits per heavy atom. The minimum absolute atomic E-state index is 0.0135. The van der Waals surface area contributed by atoms with Gasteiger partial charge < -0.3 is 5.11 Å². The van der Waals surface area contributed by atoms with Gasteiger partial charge in [0.05, 0.1) is 5.56 Å². The first kappa shape index (κ1) is 15.0. The Kier molecular flexibility index (Phi) is 3.93. The maximum absolute atomic E-state index is 12.3. The summed E-state index contributed by atoms with van der Waals surface area (Å²) in [6.45, 7) is 3.41. The van der Waals surface area contributed by atoms with Crippen LogP contribution in [0.5, 0.6) is 5.75 Å². The molecule has 0 fully saturated rings. The lowest BCUT2D eigenvalue weighted by molar-refractivity contribution is 0.103. The number of carbonyl (C=O) groups excluding carboxylic acids is 1. The second kappa shape index (κ2) is 5.51. The molecule has 2 aromatic carbocycles. The fourth-order valence-electron chi connectivity index (χ4n) is 1.89. The van der Waals surface area contributed by atoms with Crippen molar-refractivity contribution in [3.63, 3.8) is 0 Å². The van der Waals surface area contributed by atoms with Crippen molar-refractivity contribution in [1.29, 1.82) is 0 Å². The van der Waals surface area contributed by atoms with Crippen molar-refractivity contribution < 1.29 is 22.9 Å². The highest BCUT2D eigenvalue weighted by molar-refractivity contribution is 7.86. The summed E-state index contributed by atoms with van der Waals surface area (Å²) in [5, 5.41) is 9.90. The lowest BCUT2D eigenvalue weighted by Crippen LogP contribution is -2.07. The Morgan fingerprint density at radius 3 is 2.29 bits per heavy atom. The fourth-order valence-corrected chi connectivity index (χ4v) is 2.60. The molecule has 0 heterocycles. The van der Waals surface area contributed by atoms with E-state index in [9.17, 15) is 22.9 Å². The molecule has 0 spiro atoms. The normalized spacial score (nSPS) is 11.1. The molecule has 0 aliphatic carbocycles. The number of carbonyl (C=O) groups is 1. The Morgan fingerprint density at radius 2 is 1.76 bits per heavy atom. The summed E-state index contributed by atoms with van der Waals surface area (Å²) >= 11 is 0. The van der Waals surface area contributed by atoms with Crippen LogP contribution in [0, 0.1) is 0 Å². The van der Waals surface area contributed by atoms with E-state index in [4.69, 9.17) is 0 Å². The lowest BCUT2D eigenvalue weighted by atomic mass is 10.0. The van der Waals surface area contributed by atoms with Gasteiger partial charge >= 0.3 is 0 Å². The van der Waals surface area contributed by atoms with Gasteiger partial charge in [-0.3, -0.25) is 9.35 Å². The number of hydrogen-bond acceptors (Lipinski definition) is 4. The van der Waals surface area contributed by atoms with Crippen LogP contribution in [0.3, 0.4) is 0 Å². The maximum Gasteiger partial charge on any atom is 0.295 e. The summed E-state index contributed by atoms with van der Waals surface area (Å²) in [6, 6.07) is 10.1. The van der Waals surface area contributed by atoms with Crippen LogP contribution in [0.2, 0.25) is 0 Å². The van der Waals surface area contributed by atoms with E-state index in [1.807, 2.05) is 0 Å². The first-order valence-corrected chi connectivity index (χ1v) is 7.35. The van der Waals surface area contributed by atoms with Crippen LogP contribution in [0.4, 0.5) is 0 Å².